The molecule has 9 atom stereocenters. The minimum atomic E-state index is -0.707. The van der Waals surface area contributed by atoms with Crippen LogP contribution in [0.3, 0.4) is 0 Å². The molecule has 152 valence electrons. The van der Waals surface area contributed by atoms with Crippen LogP contribution < -0.4 is 5.32 Å². The second kappa shape index (κ2) is 4.94. The third-order valence-electron chi connectivity index (χ3n) is 9.52. The molecule has 2 N–H and O–H groups in total. The highest BCUT2D eigenvalue weighted by atomic mass is 16.3. The Bertz CT molecular complexity index is 1070. The average Bonchev–Trinajstić information content (AvgIpc) is 3.37. The van der Waals surface area contributed by atoms with Crippen LogP contribution in [0.15, 0.2) is 12.4 Å². The van der Waals surface area contributed by atoms with Crippen LogP contribution >= 0.6 is 0 Å². The quantitative estimate of drug-likeness (QED) is 0.824. The Morgan fingerprint density at radius 1 is 1.21 bits per heavy atom. The number of amides is 1. The summed E-state index contributed by atoms with van der Waals surface area (Å²) in [4.78, 5) is 17.6. The summed E-state index contributed by atoms with van der Waals surface area (Å²) >= 11 is 0. The zero-order valence-corrected chi connectivity index (χ0v) is 17.0. The molecule has 2 bridgehead atoms. The van der Waals surface area contributed by atoms with Crippen molar-refractivity contribution in [2.75, 3.05) is 6.54 Å². The first kappa shape index (κ1) is 16.6. The molecule has 7 heteroatoms. The van der Waals surface area contributed by atoms with Gasteiger partial charge >= 0.3 is 0 Å². The Kier molecular flexibility index (Phi) is 2.83. The molecule has 0 radical (unpaired) electrons. The fraction of sp³-hybridized carbons (Fsp3) is 0.682. The smallest absolute Gasteiger partial charge is 0.257 e. The number of imidazole rings is 1. The normalized spacial score (nSPS) is 44.7. The lowest BCUT2D eigenvalue weighted by Crippen LogP contribution is -2.59. The Morgan fingerprint density at radius 2 is 1.97 bits per heavy atom. The van der Waals surface area contributed by atoms with Gasteiger partial charge in [0.1, 0.15) is 17.2 Å². The lowest BCUT2D eigenvalue weighted by atomic mass is 9.56. The van der Waals surface area contributed by atoms with Gasteiger partial charge < -0.3 is 10.4 Å². The lowest BCUT2D eigenvalue weighted by Gasteiger charge is -2.51. The highest BCUT2D eigenvalue weighted by Gasteiger charge is 2.84. The van der Waals surface area contributed by atoms with Crippen molar-refractivity contribution in [3.8, 4) is 5.82 Å². The van der Waals surface area contributed by atoms with E-state index in [9.17, 15) is 9.90 Å². The van der Waals surface area contributed by atoms with Crippen molar-refractivity contribution in [3.05, 3.63) is 29.5 Å². The molecule has 7 rings (SSSR count). The van der Waals surface area contributed by atoms with Crippen LogP contribution in [0.4, 0.5) is 0 Å². The predicted octanol–water partition coefficient (Wildman–Crippen LogP) is 1.46. The van der Waals surface area contributed by atoms with E-state index in [1.807, 2.05) is 31.7 Å². The van der Waals surface area contributed by atoms with Crippen molar-refractivity contribution in [3.63, 3.8) is 0 Å². The van der Waals surface area contributed by atoms with Gasteiger partial charge in [0, 0.05) is 26.0 Å². The van der Waals surface area contributed by atoms with E-state index < -0.39 is 5.60 Å². The second-order valence-corrected chi connectivity index (χ2v) is 10.3. The third kappa shape index (κ3) is 1.67. The van der Waals surface area contributed by atoms with Crippen molar-refractivity contribution in [2.45, 2.75) is 32.3 Å². The Labute approximate surface area is 169 Å². The van der Waals surface area contributed by atoms with Gasteiger partial charge in [0.25, 0.3) is 5.91 Å². The largest absolute Gasteiger partial charge is 0.387 e. The molecular weight excluding hydrogens is 366 g/mol. The summed E-state index contributed by atoms with van der Waals surface area (Å²) in [7, 11) is 1.85. The summed E-state index contributed by atoms with van der Waals surface area (Å²) in [5, 5.41) is 19.4. The van der Waals surface area contributed by atoms with E-state index in [2.05, 4.69) is 15.4 Å². The molecule has 0 aromatic carbocycles. The van der Waals surface area contributed by atoms with Crippen LogP contribution in [0.25, 0.3) is 5.82 Å². The SMILES string of the molecule is Cc1nn(C)c(-n2ccnc2C)c1C(=O)NCC1(O)C2C3CC4C5C3CC2C5C41. The fourth-order valence-corrected chi connectivity index (χ4v) is 9.06. The number of carbonyl (C=O) groups excluding carboxylic acids is 1. The van der Waals surface area contributed by atoms with Crippen LogP contribution in [0.5, 0.6) is 0 Å². The molecule has 5 aliphatic rings. The number of nitrogens with zero attached hydrogens (tertiary/aromatic N) is 4. The van der Waals surface area contributed by atoms with E-state index >= 15 is 0 Å². The van der Waals surface area contributed by atoms with E-state index in [4.69, 9.17) is 0 Å². The van der Waals surface area contributed by atoms with Gasteiger partial charge in [0.15, 0.2) is 0 Å². The maximum absolute atomic E-state index is 13.3. The number of hydrogen-bond acceptors (Lipinski definition) is 4. The molecule has 0 saturated heterocycles. The van der Waals surface area contributed by atoms with Crippen LogP contribution in [0.2, 0.25) is 0 Å². The number of fused-ring (bicyclic) bond motifs is 2. The number of hydrogen-bond donors (Lipinski definition) is 2. The molecule has 29 heavy (non-hydrogen) atoms. The number of carbonyl (C=O) groups is 1. The van der Waals surface area contributed by atoms with Crippen LogP contribution in [-0.2, 0) is 7.05 Å². The van der Waals surface area contributed by atoms with Gasteiger partial charge in [-0.2, -0.15) is 5.10 Å². The number of aromatic nitrogens is 4. The molecule has 0 spiro atoms. The first-order valence-electron chi connectivity index (χ1n) is 11.0. The zero-order valence-electron chi connectivity index (χ0n) is 17.0. The van der Waals surface area contributed by atoms with Crippen molar-refractivity contribution in [1.29, 1.82) is 0 Å². The standard InChI is InChI=1S/C22H27N5O2/c1-9-15(21(26(3)25-9)27-5-4-23-10(27)2)20(28)24-8-22(29)18-12-7-13-16-11(12)6-14(18)17(16)19(13)22/h4-5,11-14,16-19,29H,6-8H2,1-3H3,(H,24,28). The highest BCUT2D eigenvalue weighted by Crippen LogP contribution is 2.85. The average molecular weight is 393 g/mol. The third-order valence-corrected chi connectivity index (χ3v) is 9.52. The van der Waals surface area contributed by atoms with Gasteiger partial charge in [-0.25, -0.2) is 4.98 Å². The second-order valence-electron chi connectivity index (χ2n) is 10.3. The summed E-state index contributed by atoms with van der Waals surface area (Å²) in [6.07, 6.45) is 6.25. The predicted molar refractivity (Wildman–Crippen MR) is 104 cm³/mol. The minimum Gasteiger partial charge on any atom is -0.387 e. The van der Waals surface area contributed by atoms with Crippen LogP contribution in [-0.4, -0.2) is 42.5 Å². The summed E-state index contributed by atoms with van der Waals surface area (Å²) in [5.41, 5.74) is 0.555. The number of rotatable bonds is 4. The van der Waals surface area contributed by atoms with E-state index in [-0.39, 0.29) is 5.91 Å². The van der Waals surface area contributed by atoms with Crippen LogP contribution in [0, 0.1) is 61.2 Å². The molecule has 2 aromatic rings. The monoisotopic (exact) mass is 393 g/mol. The van der Waals surface area contributed by atoms with Gasteiger partial charge in [-0.05, 0) is 74.0 Å². The molecule has 9 unspecified atom stereocenters. The van der Waals surface area contributed by atoms with Gasteiger partial charge in [-0.1, -0.05) is 0 Å². The van der Waals surface area contributed by atoms with Gasteiger partial charge in [0.2, 0.25) is 0 Å². The van der Waals surface area contributed by atoms with Crippen molar-refractivity contribution in [1.82, 2.24) is 24.6 Å². The van der Waals surface area contributed by atoms with E-state index in [1.165, 1.54) is 12.8 Å². The Hall–Kier alpha value is -2.15. The lowest BCUT2D eigenvalue weighted by molar-refractivity contribution is -0.126. The fourth-order valence-electron chi connectivity index (χ4n) is 9.06. The molecule has 1 amide bonds. The van der Waals surface area contributed by atoms with Crippen molar-refractivity contribution >= 4 is 5.91 Å². The number of nitrogens with one attached hydrogen (secondary N) is 1. The molecule has 5 fully saturated rings. The summed E-state index contributed by atoms with van der Waals surface area (Å²) in [5.74, 6) is 6.84. The van der Waals surface area contributed by atoms with Crippen LogP contribution in [0.1, 0.15) is 34.7 Å². The number of aryl methyl sites for hydroxylation is 3. The van der Waals surface area contributed by atoms with E-state index in [0.29, 0.717) is 47.4 Å². The summed E-state index contributed by atoms with van der Waals surface area (Å²) in [6.45, 7) is 4.15. The summed E-state index contributed by atoms with van der Waals surface area (Å²) in [6, 6.07) is 0. The molecule has 0 aliphatic heterocycles. The number of aliphatic hydroxyl groups is 1. The van der Waals surface area contributed by atoms with Gasteiger partial charge in [-0.15, -0.1) is 0 Å². The molecule has 2 heterocycles. The molecular formula is C22H27N5O2. The minimum absolute atomic E-state index is 0.148. The topological polar surface area (TPSA) is 85.0 Å². The molecule has 7 nitrogen and oxygen atoms in total. The molecule has 2 aromatic heterocycles. The van der Waals surface area contributed by atoms with Gasteiger partial charge in [-0.3, -0.25) is 14.0 Å². The van der Waals surface area contributed by atoms with E-state index in [0.717, 1.165) is 29.4 Å². The molecule has 5 aliphatic carbocycles. The van der Waals surface area contributed by atoms with Crippen molar-refractivity contribution < 1.29 is 9.90 Å². The van der Waals surface area contributed by atoms with Crippen molar-refractivity contribution in [2.24, 2.45) is 54.4 Å². The highest BCUT2D eigenvalue weighted by molar-refractivity contribution is 5.98. The first-order valence-corrected chi connectivity index (χ1v) is 11.0. The Balaban J connectivity index is 1.19. The molecule has 5 saturated carbocycles. The zero-order chi connectivity index (χ0) is 19.8. The Morgan fingerprint density at radius 3 is 2.72 bits per heavy atom. The van der Waals surface area contributed by atoms with E-state index in [1.54, 1.807) is 10.9 Å². The maximum Gasteiger partial charge on any atom is 0.257 e. The first-order chi connectivity index (χ1) is 13.9. The van der Waals surface area contributed by atoms with Gasteiger partial charge in [0.05, 0.1) is 11.3 Å². The summed E-state index contributed by atoms with van der Waals surface area (Å²) < 4.78 is 3.63. The maximum atomic E-state index is 13.3.